The van der Waals surface area contributed by atoms with E-state index >= 15 is 0 Å². The van der Waals surface area contributed by atoms with Gasteiger partial charge < -0.3 is 10.8 Å². The van der Waals surface area contributed by atoms with Gasteiger partial charge in [-0.05, 0) is 18.6 Å². The van der Waals surface area contributed by atoms with Crippen molar-refractivity contribution in [1.29, 1.82) is 0 Å². The molecule has 2 unspecified atom stereocenters. The number of nitrogens with two attached hydrogens (primary N) is 1. The highest BCUT2D eigenvalue weighted by molar-refractivity contribution is 7.15. The molecule has 0 saturated heterocycles. The smallest absolute Gasteiger partial charge is 0.124 e. The summed E-state index contributed by atoms with van der Waals surface area (Å²) in [6, 6.07) is 7.61. The van der Waals surface area contributed by atoms with E-state index in [9.17, 15) is 5.11 Å². The molecule has 1 aromatic heterocycles. The Kier molecular flexibility index (Phi) is 2.19. The number of thiazole rings is 1. The molecule has 0 aliphatic heterocycles. The van der Waals surface area contributed by atoms with Crippen LogP contribution in [0, 0.1) is 0 Å². The van der Waals surface area contributed by atoms with Crippen molar-refractivity contribution in [3.05, 3.63) is 35.5 Å². The number of hydrogen-bond acceptors (Lipinski definition) is 4. The highest BCUT2D eigenvalue weighted by atomic mass is 32.1. The number of phenolic OH excluding ortho intramolecular Hbond substituents is 1. The van der Waals surface area contributed by atoms with E-state index in [1.807, 2.05) is 24.4 Å². The molecule has 1 saturated carbocycles. The minimum absolute atomic E-state index is 0.281. The SMILES string of the molecule is NC1CC1c1ncc(-c2ccccc2O)s1. The van der Waals surface area contributed by atoms with Crippen LogP contribution >= 0.6 is 11.3 Å². The van der Waals surface area contributed by atoms with Gasteiger partial charge in [-0.25, -0.2) is 4.98 Å². The molecule has 0 bridgehead atoms. The molecular weight excluding hydrogens is 220 g/mol. The van der Waals surface area contributed by atoms with Crippen LogP contribution in [0.2, 0.25) is 0 Å². The van der Waals surface area contributed by atoms with Gasteiger partial charge in [-0.15, -0.1) is 11.3 Å². The van der Waals surface area contributed by atoms with Gasteiger partial charge in [-0.3, -0.25) is 0 Å². The first-order valence-electron chi connectivity index (χ1n) is 5.25. The Balaban J connectivity index is 1.95. The summed E-state index contributed by atoms with van der Waals surface area (Å²) in [6.07, 6.45) is 2.85. The summed E-state index contributed by atoms with van der Waals surface area (Å²) in [5.41, 5.74) is 6.64. The Morgan fingerprint density at radius 2 is 2.12 bits per heavy atom. The number of rotatable bonds is 2. The van der Waals surface area contributed by atoms with E-state index in [-0.39, 0.29) is 6.04 Å². The number of aromatic hydroxyl groups is 1. The Hall–Kier alpha value is -1.39. The van der Waals surface area contributed by atoms with Gasteiger partial charge in [0, 0.05) is 23.7 Å². The third-order valence-corrected chi connectivity index (χ3v) is 4.01. The first kappa shape index (κ1) is 9.81. The molecule has 3 rings (SSSR count). The van der Waals surface area contributed by atoms with Crippen molar-refractivity contribution in [1.82, 2.24) is 4.98 Å². The molecule has 3 N–H and O–H groups in total. The van der Waals surface area contributed by atoms with Gasteiger partial charge in [-0.2, -0.15) is 0 Å². The van der Waals surface area contributed by atoms with Crippen molar-refractivity contribution in [2.45, 2.75) is 18.4 Å². The summed E-state index contributed by atoms with van der Waals surface area (Å²) in [4.78, 5) is 5.38. The van der Waals surface area contributed by atoms with Crippen LogP contribution in [0.4, 0.5) is 0 Å². The number of phenols is 1. The third-order valence-electron chi connectivity index (χ3n) is 2.85. The van der Waals surface area contributed by atoms with Gasteiger partial charge in [0.2, 0.25) is 0 Å². The normalized spacial score (nSPS) is 23.3. The summed E-state index contributed by atoms with van der Waals surface area (Å²) in [6.45, 7) is 0. The molecular formula is C12H12N2OS. The fourth-order valence-electron chi connectivity index (χ4n) is 1.76. The highest BCUT2D eigenvalue weighted by Crippen LogP contribution is 2.43. The average Bonchev–Trinajstić information content (AvgIpc) is 2.82. The largest absolute Gasteiger partial charge is 0.507 e. The monoisotopic (exact) mass is 232 g/mol. The van der Waals surface area contributed by atoms with E-state index in [1.54, 1.807) is 17.4 Å². The van der Waals surface area contributed by atoms with E-state index in [2.05, 4.69) is 4.98 Å². The molecule has 1 heterocycles. The highest BCUT2D eigenvalue weighted by Gasteiger charge is 2.37. The number of nitrogens with zero attached hydrogens (tertiary/aromatic N) is 1. The molecule has 4 heteroatoms. The summed E-state index contributed by atoms with van der Waals surface area (Å²) in [5.74, 6) is 0.738. The van der Waals surface area contributed by atoms with Gasteiger partial charge in [0.1, 0.15) is 5.75 Å². The molecule has 1 aliphatic carbocycles. The lowest BCUT2D eigenvalue weighted by Gasteiger charge is -1.99. The summed E-state index contributed by atoms with van der Waals surface area (Å²) >= 11 is 1.62. The minimum Gasteiger partial charge on any atom is -0.507 e. The van der Waals surface area contributed by atoms with Crippen molar-refractivity contribution in [2.24, 2.45) is 5.73 Å². The molecule has 0 amide bonds. The van der Waals surface area contributed by atoms with Gasteiger partial charge >= 0.3 is 0 Å². The second-order valence-corrected chi connectivity index (χ2v) is 5.15. The molecule has 1 aliphatic rings. The maximum absolute atomic E-state index is 9.73. The van der Waals surface area contributed by atoms with Crippen LogP contribution in [-0.4, -0.2) is 16.1 Å². The fraction of sp³-hybridized carbons (Fsp3) is 0.250. The molecule has 0 spiro atoms. The second-order valence-electron chi connectivity index (χ2n) is 4.09. The zero-order chi connectivity index (χ0) is 11.1. The topological polar surface area (TPSA) is 59.1 Å². The molecule has 82 valence electrons. The lowest BCUT2D eigenvalue weighted by Crippen LogP contribution is -2.00. The van der Waals surface area contributed by atoms with E-state index in [4.69, 9.17) is 5.73 Å². The van der Waals surface area contributed by atoms with Crippen LogP contribution in [0.1, 0.15) is 17.3 Å². The lowest BCUT2D eigenvalue weighted by molar-refractivity contribution is 0.477. The number of aromatic nitrogens is 1. The first-order valence-corrected chi connectivity index (χ1v) is 6.07. The van der Waals surface area contributed by atoms with E-state index < -0.39 is 0 Å². The molecule has 0 radical (unpaired) electrons. The fourth-order valence-corrected chi connectivity index (χ4v) is 2.91. The van der Waals surface area contributed by atoms with Crippen molar-refractivity contribution < 1.29 is 5.11 Å². The number of hydrogen-bond donors (Lipinski definition) is 2. The quantitative estimate of drug-likeness (QED) is 0.835. The average molecular weight is 232 g/mol. The van der Waals surface area contributed by atoms with Crippen LogP contribution in [0.5, 0.6) is 5.75 Å². The predicted molar refractivity (Wildman–Crippen MR) is 64.5 cm³/mol. The lowest BCUT2D eigenvalue weighted by atomic mass is 10.2. The van der Waals surface area contributed by atoms with Gasteiger partial charge in [0.05, 0.1) is 9.88 Å². The maximum Gasteiger partial charge on any atom is 0.124 e. The number of benzene rings is 1. The Labute approximate surface area is 97.6 Å². The predicted octanol–water partition coefficient (Wildman–Crippen LogP) is 2.33. The molecule has 1 aromatic carbocycles. The molecule has 1 fully saturated rings. The van der Waals surface area contributed by atoms with E-state index in [0.29, 0.717) is 11.7 Å². The van der Waals surface area contributed by atoms with Crippen molar-refractivity contribution >= 4 is 11.3 Å². The summed E-state index contributed by atoms with van der Waals surface area (Å²) in [5, 5.41) is 10.8. The third kappa shape index (κ3) is 1.60. The Morgan fingerprint density at radius 3 is 2.81 bits per heavy atom. The molecule has 2 aromatic rings. The first-order chi connectivity index (χ1) is 7.75. The van der Waals surface area contributed by atoms with E-state index in [1.165, 1.54) is 0 Å². The Bertz CT molecular complexity index is 523. The standard InChI is InChI=1S/C12H12N2OS/c13-9-5-8(9)12-14-6-11(16-12)7-3-1-2-4-10(7)15/h1-4,6,8-9,15H,5,13H2. The van der Waals surface area contributed by atoms with Gasteiger partial charge in [0.15, 0.2) is 0 Å². The zero-order valence-corrected chi connectivity index (χ0v) is 9.45. The molecule has 3 nitrogen and oxygen atoms in total. The number of para-hydroxylation sites is 1. The molecule has 2 atom stereocenters. The van der Waals surface area contributed by atoms with Crippen LogP contribution in [0.25, 0.3) is 10.4 Å². The summed E-state index contributed by atoms with van der Waals surface area (Å²) < 4.78 is 0. The van der Waals surface area contributed by atoms with Crippen LogP contribution in [-0.2, 0) is 0 Å². The van der Waals surface area contributed by atoms with Crippen LogP contribution in [0.15, 0.2) is 30.5 Å². The van der Waals surface area contributed by atoms with Crippen molar-refractivity contribution in [3.8, 4) is 16.2 Å². The Morgan fingerprint density at radius 1 is 1.38 bits per heavy atom. The van der Waals surface area contributed by atoms with Crippen molar-refractivity contribution in [3.63, 3.8) is 0 Å². The maximum atomic E-state index is 9.73. The second kappa shape index (κ2) is 3.57. The van der Waals surface area contributed by atoms with Gasteiger partial charge in [0.25, 0.3) is 0 Å². The van der Waals surface area contributed by atoms with Gasteiger partial charge in [-0.1, -0.05) is 12.1 Å². The van der Waals surface area contributed by atoms with Crippen LogP contribution < -0.4 is 5.73 Å². The van der Waals surface area contributed by atoms with E-state index in [0.717, 1.165) is 21.9 Å². The van der Waals surface area contributed by atoms with Crippen molar-refractivity contribution in [2.75, 3.05) is 0 Å². The molecule has 16 heavy (non-hydrogen) atoms. The minimum atomic E-state index is 0.281. The summed E-state index contributed by atoms with van der Waals surface area (Å²) in [7, 11) is 0. The van der Waals surface area contributed by atoms with Crippen LogP contribution in [0.3, 0.4) is 0 Å². The zero-order valence-electron chi connectivity index (χ0n) is 8.63.